The highest BCUT2D eigenvalue weighted by atomic mass is 14.7. The van der Waals surface area contributed by atoms with E-state index < -0.39 is 0 Å². The molecule has 11 heavy (non-hydrogen) atoms. The lowest BCUT2D eigenvalue weighted by Gasteiger charge is -2.17. The fourth-order valence-corrected chi connectivity index (χ4v) is 1.35. The van der Waals surface area contributed by atoms with Gasteiger partial charge in [-0.15, -0.1) is 0 Å². The van der Waals surface area contributed by atoms with Crippen LogP contribution in [0.4, 0.5) is 0 Å². The van der Waals surface area contributed by atoms with Crippen LogP contribution in [0.5, 0.6) is 0 Å². The van der Waals surface area contributed by atoms with Gasteiger partial charge in [-0.2, -0.15) is 0 Å². The highest BCUT2D eigenvalue weighted by Crippen LogP contribution is 2.19. The summed E-state index contributed by atoms with van der Waals surface area (Å²) in [4.78, 5) is 4.09. The first-order valence-electron chi connectivity index (χ1n) is 3.88. The molecule has 0 heterocycles. The van der Waals surface area contributed by atoms with E-state index in [4.69, 9.17) is 5.41 Å². The van der Waals surface area contributed by atoms with E-state index in [1.807, 2.05) is 6.92 Å². The Bertz CT molecular complexity index is 246. The van der Waals surface area contributed by atoms with Crippen LogP contribution in [0, 0.1) is 5.41 Å². The summed E-state index contributed by atoms with van der Waals surface area (Å²) in [5.74, 6) is 0. The summed E-state index contributed by atoms with van der Waals surface area (Å²) in [6, 6.07) is 0. The third kappa shape index (κ3) is 1.39. The molecule has 0 spiro atoms. The molecule has 0 aromatic heterocycles. The van der Waals surface area contributed by atoms with Gasteiger partial charge in [0.1, 0.15) is 0 Å². The largest absolute Gasteiger partial charge is 0.303 e. The van der Waals surface area contributed by atoms with Crippen molar-refractivity contribution in [2.24, 2.45) is 4.99 Å². The minimum absolute atomic E-state index is 0.690. The first-order chi connectivity index (χ1) is 5.16. The van der Waals surface area contributed by atoms with Crippen LogP contribution in [0.15, 0.2) is 16.1 Å². The average molecular weight is 150 g/mol. The standard InChI is InChI=1S/C9H14N2/c1-6-4-5-8(10)9(11-3)7(6)2/h10H,4-5H2,1-3H3. The third-order valence-electron chi connectivity index (χ3n) is 2.25. The Balaban J connectivity index is 3.07. The maximum Gasteiger partial charge on any atom is 0.0807 e. The molecule has 1 N–H and O–H groups in total. The monoisotopic (exact) mass is 150 g/mol. The van der Waals surface area contributed by atoms with E-state index in [0.717, 1.165) is 18.6 Å². The van der Waals surface area contributed by atoms with Crippen molar-refractivity contribution in [2.45, 2.75) is 26.7 Å². The molecule has 2 heteroatoms. The SMILES string of the molecule is CN=C1C(=N)CCC(C)=C1C. The van der Waals surface area contributed by atoms with Gasteiger partial charge in [0.25, 0.3) is 0 Å². The quantitative estimate of drug-likeness (QED) is 0.549. The number of rotatable bonds is 0. The molecule has 1 aliphatic rings. The molecular formula is C9H14N2. The molecule has 0 atom stereocenters. The first-order valence-corrected chi connectivity index (χ1v) is 3.88. The van der Waals surface area contributed by atoms with Crippen LogP contribution >= 0.6 is 0 Å². The maximum absolute atomic E-state index is 7.60. The maximum atomic E-state index is 7.60. The summed E-state index contributed by atoms with van der Waals surface area (Å²) in [5.41, 5.74) is 4.16. The summed E-state index contributed by atoms with van der Waals surface area (Å²) in [7, 11) is 1.76. The average Bonchev–Trinajstić information content (AvgIpc) is 1.99. The molecule has 0 aliphatic heterocycles. The zero-order chi connectivity index (χ0) is 8.43. The molecule has 0 amide bonds. The van der Waals surface area contributed by atoms with Gasteiger partial charge in [0.2, 0.25) is 0 Å². The molecule has 0 aromatic rings. The second-order valence-electron chi connectivity index (χ2n) is 2.96. The Labute approximate surface area is 67.5 Å². The first kappa shape index (κ1) is 8.18. The molecular weight excluding hydrogens is 136 g/mol. The zero-order valence-electron chi connectivity index (χ0n) is 7.36. The number of hydrogen-bond donors (Lipinski definition) is 1. The van der Waals surface area contributed by atoms with Crippen molar-refractivity contribution in [1.29, 1.82) is 5.41 Å². The molecule has 0 unspecified atom stereocenters. The van der Waals surface area contributed by atoms with E-state index >= 15 is 0 Å². The number of aliphatic imine (C=N–C) groups is 1. The molecule has 0 radical (unpaired) electrons. The molecule has 1 rings (SSSR count). The van der Waals surface area contributed by atoms with E-state index in [-0.39, 0.29) is 0 Å². The Morgan fingerprint density at radius 2 is 1.91 bits per heavy atom. The number of nitrogens with one attached hydrogen (secondary N) is 1. The second kappa shape index (κ2) is 2.99. The lowest BCUT2D eigenvalue weighted by molar-refractivity contribution is 0.979. The van der Waals surface area contributed by atoms with Crippen molar-refractivity contribution < 1.29 is 0 Å². The summed E-state index contributed by atoms with van der Waals surface area (Å²) in [6.45, 7) is 4.16. The van der Waals surface area contributed by atoms with Gasteiger partial charge in [-0.3, -0.25) is 4.99 Å². The van der Waals surface area contributed by atoms with Gasteiger partial charge in [-0.1, -0.05) is 5.57 Å². The van der Waals surface area contributed by atoms with Crippen LogP contribution < -0.4 is 0 Å². The minimum Gasteiger partial charge on any atom is -0.303 e. The van der Waals surface area contributed by atoms with Crippen molar-refractivity contribution >= 4 is 11.4 Å². The Morgan fingerprint density at radius 3 is 2.36 bits per heavy atom. The van der Waals surface area contributed by atoms with Crippen molar-refractivity contribution in [2.75, 3.05) is 7.05 Å². The lowest BCUT2D eigenvalue weighted by atomic mass is 9.90. The predicted octanol–water partition coefficient (Wildman–Crippen LogP) is 2.21. The highest BCUT2D eigenvalue weighted by Gasteiger charge is 2.16. The van der Waals surface area contributed by atoms with E-state index in [0.29, 0.717) is 5.71 Å². The van der Waals surface area contributed by atoms with Crippen molar-refractivity contribution in [3.05, 3.63) is 11.1 Å². The molecule has 2 nitrogen and oxygen atoms in total. The highest BCUT2D eigenvalue weighted by molar-refractivity contribution is 6.47. The predicted molar refractivity (Wildman–Crippen MR) is 48.7 cm³/mol. The third-order valence-corrected chi connectivity index (χ3v) is 2.25. The summed E-state index contributed by atoms with van der Waals surface area (Å²) in [5, 5.41) is 7.60. The van der Waals surface area contributed by atoms with Crippen LogP contribution in [-0.4, -0.2) is 18.5 Å². The molecule has 0 bridgehead atoms. The van der Waals surface area contributed by atoms with Gasteiger partial charge in [-0.05, 0) is 32.3 Å². The van der Waals surface area contributed by atoms with Crippen LogP contribution in [0.3, 0.4) is 0 Å². The number of allylic oxidation sites excluding steroid dienone is 2. The van der Waals surface area contributed by atoms with E-state index in [1.165, 1.54) is 11.1 Å². The number of nitrogens with zero attached hydrogens (tertiary/aromatic N) is 1. The van der Waals surface area contributed by atoms with Gasteiger partial charge in [0.15, 0.2) is 0 Å². The fourth-order valence-electron chi connectivity index (χ4n) is 1.35. The van der Waals surface area contributed by atoms with Gasteiger partial charge >= 0.3 is 0 Å². The summed E-state index contributed by atoms with van der Waals surface area (Å²) < 4.78 is 0. The van der Waals surface area contributed by atoms with Crippen molar-refractivity contribution in [3.63, 3.8) is 0 Å². The van der Waals surface area contributed by atoms with Crippen LogP contribution in [0.25, 0.3) is 0 Å². The normalized spacial score (nSPS) is 23.2. The van der Waals surface area contributed by atoms with Crippen LogP contribution in [0.1, 0.15) is 26.7 Å². The zero-order valence-corrected chi connectivity index (χ0v) is 7.36. The second-order valence-corrected chi connectivity index (χ2v) is 2.96. The lowest BCUT2D eigenvalue weighted by Crippen LogP contribution is -2.20. The molecule has 0 saturated carbocycles. The molecule has 60 valence electrons. The van der Waals surface area contributed by atoms with Crippen LogP contribution in [0.2, 0.25) is 0 Å². The van der Waals surface area contributed by atoms with Crippen molar-refractivity contribution in [3.8, 4) is 0 Å². The minimum atomic E-state index is 0.690. The molecule has 0 aromatic carbocycles. The van der Waals surface area contributed by atoms with E-state index in [2.05, 4.69) is 11.9 Å². The summed E-state index contributed by atoms with van der Waals surface area (Å²) in [6.07, 6.45) is 1.89. The molecule has 0 saturated heterocycles. The number of hydrogen-bond acceptors (Lipinski definition) is 2. The van der Waals surface area contributed by atoms with Gasteiger partial charge in [0.05, 0.1) is 11.4 Å². The Morgan fingerprint density at radius 1 is 1.27 bits per heavy atom. The summed E-state index contributed by atoms with van der Waals surface area (Å²) >= 11 is 0. The van der Waals surface area contributed by atoms with Gasteiger partial charge < -0.3 is 5.41 Å². The van der Waals surface area contributed by atoms with Gasteiger partial charge in [-0.25, -0.2) is 0 Å². The molecule has 1 aliphatic carbocycles. The Kier molecular flexibility index (Phi) is 2.22. The molecule has 0 fully saturated rings. The topological polar surface area (TPSA) is 36.2 Å². The fraction of sp³-hybridized carbons (Fsp3) is 0.556. The van der Waals surface area contributed by atoms with Crippen molar-refractivity contribution in [1.82, 2.24) is 0 Å². The van der Waals surface area contributed by atoms with Crippen LogP contribution in [-0.2, 0) is 0 Å². The smallest absolute Gasteiger partial charge is 0.0807 e. The van der Waals surface area contributed by atoms with E-state index in [1.54, 1.807) is 7.05 Å². The Hall–Kier alpha value is -0.920. The van der Waals surface area contributed by atoms with E-state index in [9.17, 15) is 0 Å². The van der Waals surface area contributed by atoms with Gasteiger partial charge in [0, 0.05) is 7.05 Å².